The molecule has 1 heterocycles. The Morgan fingerprint density at radius 2 is 1.88 bits per heavy atom. The van der Waals surface area contributed by atoms with Crippen LogP contribution in [0, 0.1) is 6.92 Å². The van der Waals surface area contributed by atoms with E-state index in [1.807, 2.05) is 19.1 Å². The third kappa shape index (κ3) is 2.62. The molecule has 0 aliphatic rings. The van der Waals surface area contributed by atoms with Crippen molar-refractivity contribution in [1.82, 2.24) is 0 Å². The molecule has 2 aromatic rings. The second kappa shape index (κ2) is 4.68. The summed E-state index contributed by atoms with van der Waals surface area (Å²) in [5, 5.41) is 3.47. The van der Waals surface area contributed by atoms with E-state index in [-0.39, 0.29) is 5.91 Å². The van der Waals surface area contributed by atoms with Gasteiger partial charge in [0.25, 0.3) is 5.91 Å². The highest BCUT2D eigenvalue weighted by molar-refractivity contribution is 7.14. The number of benzene rings is 1. The molecule has 1 amide bonds. The molecule has 0 aliphatic carbocycles. The highest BCUT2D eigenvalue weighted by atomic mass is 35.5. The Bertz CT molecular complexity index is 504. The average molecular weight is 252 g/mol. The molecule has 1 aromatic heterocycles. The van der Waals surface area contributed by atoms with Crippen LogP contribution in [0.1, 0.15) is 14.5 Å². The first kappa shape index (κ1) is 11.2. The number of halogens is 1. The average Bonchev–Trinajstić information content (AvgIpc) is 2.68. The van der Waals surface area contributed by atoms with E-state index < -0.39 is 0 Å². The van der Waals surface area contributed by atoms with Gasteiger partial charge in [-0.3, -0.25) is 4.79 Å². The minimum Gasteiger partial charge on any atom is -0.321 e. The summed E-state index contributed by atoms with van der Waals surface area (Å²) in [6.45, 7) is 1.98. The number of nitrogens with one attached hydrogen (secondary N) is 1. The molecule has 0 unspecified atom stereocenters. The fourth-order valence-electron chi connectivity index (χ4n) is 1.28. The van der Waals surface area contributed by atoms with Crippen molar-refractivity contribution in [2.24, 2.45) is 0 Å². The molecule has 0 saturated heterocycles. The highest BCUT2D eigenvalue weighted by Crippen LogP contribution is 2.18. The summed E-state index contributed by atoms with van der Waals surface area (Å²) >= 11 is 7.24. The number of anilines is 1. The van der Waals surface area contributed by atoms with Crippen molar-refractivity contribution in [2.75, 3.05) is 5.32 Å². The number of amides is 1. The van der Waals surface area contributed by atoms with Crippen LogP contribution in [0.15, 0.2) is 36.4 Å². The van der Waals surface area contributed by atoms with Gasteiger partial charge in [-0.1, -0.05) is 11.6 Å². The molecule has 2 nitrogen and oxygen atoms in total. The van der Waals surface area contributed by atoms with Crippen LogP contribution >= 0.6 is 22.9 Å². The first-order valence-corrected chi connectivity index (χ1v) is 5.98. The lowest BCUT2D eigenvalue weighted by molar-refractivity contribution is 0.103. The molecule has 1 N–H and O–H groups in total. The van der Waals surface area contributed by atoms with Crippen molar-refractivity contribution >= 4 is 34.5 Å². The number of thiophene rings is 1. The number of carbonyl (C=O) groups excluding carboxylic acids is 1. The fourth-order valence-corrected chi connectivity index (χ4v) is 2.17. The maximum atomic E-state index is 11.8. The van der Waals surface area contributed by atoms with Gasteiger partial charge in [0, 0.05) is 15.6 Å². The normalized spacial score (nSPS) is 10.1. The van der Waals surface area contributed by atoms with Crippen LogP contribution in [0.3, 0.4) is 0 Å². The SMILES string of the molecule is Cc1ccc(C(=O)Nc2ccc(Cl)cc2)s1. The van der Waals surface area contributed by atoms with E-state index in [2.05, 4.69) is 5.32 Å². The molecule has 1 aromatic carbocycles. The van der Waals surface area contributed by atoms with Gasteiger partial charge in [-0.2, -0.15) is 0 Å². The molecule has 0 aliphatic heterocycles. The van der Waals surface area contributed by atoms with Crippen molar-refractivity contribution in [3.8, 4) is 0 Å². The van der Waals surface area contributed by atoms with Gasteiger partial charge in [0.15, 0.2) is 0 Å². The minimum atomic E-state index is -0.0829. The molecule has 0 spiro atoms. The van der Waals surface area contributed by atoms with Crippen molar-refractivity contribution < 1.29 is 4.79 Å². The van der Waals surface area contributed by atoms with Gasteiger partial charge in [0.05, 0.1) is 4.88 Å². The van der Waals surface area contributed by atoms with Crippen LogP contribution in [0.25, 0.3) is 0 Å². The maximum Gasteiger partial charge on any atom is 0.265 e. The van der Waals surface area contributed by atoms with Gasteiger partial charge >= 0.3 is 0 Å². The Balaban J connectivity index is 2.10. The van der Waals surface area contributed by atoms with E-state index in [0.29, 0.717) is 9.90 Å². The zero-order valence-corrected chi connectivity index (χ0v) is 10.2. The van der Waals surface area contributed by atoms with Crippen molar-refractivity contribution in [1.29, 1.82) is 0 Å². The summed E-state index contributed by atoms with van der Waals surface area (Å²) in [5.41, 5.74) is 0.750. The lowest BCUT2D eigenvalue weighted by atomic mass is 10.3. The topological polar surface area (TPSA) is 29.1 Å². The Kier molecular flexibility index (Phi) is 3.27. The predicted molar refractivity (Wildman–Crippen MR) is 68.5 cm³/mol. The first-order valence-electron chi connectivity index (χ1n) is 4.78. The summed E-state index contributed by atoms with van der Waals surface area (Å²) in [7, 11) is 0. The molecule has 2 rings (SSSR count). The number of aryl methyl sites for hydroxylation is 1. The lowest BCUT2D eigenvalue weighted by Crippen LogP contribution is -2.09. The molecule has 0 saturated carbocycles. The zero-order valence-electron chi connectivity index (χ0n) is 8.66. The molecular weight excluding hydrogens is 242 g/mol. The van der Waals surface area contributed by atoms with Crippen molar-refractivity contribution in [3.63, 3.8) is 0 Å². The molecule has 82 valence electrons. The Labute approximate surface area is 103 Å². The summed E-state index contributed by atoms with van der Waals surface area (Å²) in [6.07, 6.45) is 0. The van der Waals surface area contributed by atoms with Crippen molar-refractivity contribution in [3.05, 3.63) is 51.2 Å². The van der Waals surface area contributed by atoms with E-state index in [1.165, 1.54) is 11.3 Å². The van der Waals surface area contributed by atoms with Crippen LogP contribution in [-0.4, -0.2) is 5.91 Å². The van der Waals surface area contributed by atoms with Crippen LogP contribution in [0.4, 0.5) is 5.69 Å². The second-order valence-corrected chi connectivity index (χ2v) is 5.10. The molecule has 4 heteroatoms. The van der Waals surface area contributed by atoms with Crippen molar-refractivity contribution in [2.45, 2.75) is 6.92 Å². The predicted octanol–water partition coefficient (Wildman–Crippen LogP) is 3.96. The largest absolute Gasteiger partial charge is 0.321 e. The number of hydrogen-bond acceptors (Lipinski definition) is 2. The van der Waals surface area contributed by atoms with Gasteiger partial charge in [-0.25, -0.2) is 0 Å². The fraction of sp³-hybridized carbons (Fsp3) is 0.0833. The summed E-state index contributed by atoms with van der Waals surface area (Å²) in [6, 6.07) is 10.8. The van der Waals surface area contributed by atoms with E-state index in [9.17, 15) is 4.79 Å². The second-order valence-electron chi connectivity index (χ2n) is 3.37. The molecular formula is C12H10ClNOS. The monoisotopic (exact) mass is 251 g/mol. The molecule has 0 atom stereocenters. The maximum absolute atomic E-state index is 11.8. The van der Waals surface area contributed by atoms with Crippen LogP contribution in [-0.2, 0) is 0 Å². The number of carbonyl (C=O) groups is 1. The van der Waals surface area contributed by atoms with E-state index >= 15 is 0 Å². The summed E-state index contributed by atoms with van der Waals surface area (Å²) in [5.74, 6) is -0.0829. The third-order valence-electron chi connectivity index (χ3n) is 2.07. The van der Waals surface area contributed by atoms with Gasteiger partial charge in [0.2, 0.25) is 0 Å². The first-order chi connectivity index (χ1) is 7.65. The molecule has 0 bridgehead atoms. The van der Waals surface area contributed by atoms with Gasteiger partial charge < -0.3 is 5.32 Å². The molecule has 16 heavy (non-hydrogen) atoms. The smallest absolute Gasteiger partial charge is 0.265 e. The van der Waals surface area contributed by atoms with Gasteiger partial charge in [-0.15, -0.1) is 11.3 Å². The summed E-state index contributed by atoms with van der Waals surface area (Å²) < 4.78 is 0. The Hall–Kier alpha value is -1.32. The third-order valence-corrected chi connectivity index (χ3v) is 3.32. The lowest BCUT2D eigenvalue weighted by Gasteiger charge is -2.02. The van der Waals surface area contributed by atoms with Crippen LogP contribution in [0.5, 0.6) is 0 Å². The van der Waals surface area contributed by atoms with E-state index in [4.69, 9.17) is 11.6 Å². The highest BCUT2D eigenvalue weighted by Gasteiger charge is 2.07. The number of rotatable bonds is 2. The standard InChI is InChI=1S/C12H10ClNOS/c1-8-2-7-11(16-8)12(15)14-10-5-3-9(13)4-6-10/h2-7H,1H3,(H,14,15). The molecule has 0 fully saturated rings. The quantitative estimate of drug-likeness (QED) is 0.860. The Morgan fingerprint density at radius 1 is 1.19 bits per heavy atom. The number of hydrogen-bond donors (Lipinski definition) is 1. The van der Waals surface area contributed by atoms with Gasteiger partial charge in [-0.05, 0) is 43.3 Å². The van der Waals surface area contributed by atoms with E-state index in [1.54, 1.807) is 24.3 Å². The molecule has 0 radical (unpaired) electrons. The van der Waals surface area contributed by atoms with Crippen LogP contribution < -0.4 is 5.32 Å². The Morgan fingerprint density at radius 3 is 2.44 bits per heavy atom. The van der Waals surface area contributed by atoms with Crippen LogP contribution in [0.2, 0.25) is 5.02 Å². The van der Waals surface area contributed by atoms with Gasteiger partial charge in [0.1, 0.15) is 0 Å². The van der Waals surface area contributed by atoms with E-state index in [0.717, 1.165) is 10.6 Å². The zero-order chi connectivity index (χ0) is 11.5. The minimum absolute atomic E-state index is 0.0829. The summed E-state index contributed by atoms with van der Waals surface area (Å²) in [4.78, 5) is 13.6.